The van der Waals surface area contributed by atoms with Crippen LogP contribution in [0.3, 0.4) is 0 Å². The van der Waals surface area contributed by atoms with Gasteiger partial charge in [0.05, 0.1) is 6.54 Å². The fourth-order valence-corrected chi connectivity index (χ4v) is 2.77. The fourth-order valence-electron chi connectivity index (χ4n) is 2.65. The fraction of sp³-hybridized carbons (Fsp3) is 0.238. The summed E-state index contributed by atoms with van der Waals surface area (Å²) in [6.45, 7) is 2.95. The van der Waals surface area contributed by atoms with Gasteiger partial charge in [-0.2, -0.15) is 0 Å². The smallest absolute Gasteiger partial charge is 0.134 e. The number of hydrogen-bond donors (Lipinski definition) is 1. The van der Waals surface area contributed by atoms with Crippen molar-refractivity contribution in [1.29, 1.82) is 0 Å². The Morgan fingerprint density at radius 2 is 1.71 bits per heavy atom. The molecule has 24 heavy (non-hydrogen) atoms. The molecule has 2 aromatic carbocycles. The molecule has 0 aliphatic carbocycles. The highest BCUT2D eigenvalue weighted by Gasteiger charge is 2.07. The maximum absolute atomic E-state index is 5.92. The topological polar surface area (TPSA) is 25.2 Å². The van der Waals surface area contributed by atoms with E-state index in [0.29, 0.717) is 6.04 Å². The Bertz CT molecular complexity index is 749. The lowest BCUT2D eigenvalue weighted by atomic mass is 10.1. The molecule has 1 atom stereocenters. The quantitative estimate of drug-likeness (QED) is 0.596. The Morgan fingerprint density at radius 1 is 0.958 bits per heavy atom. The van der Waals surface area contributed by atoms with Crippen molar-refractivity contribution < 1.29 is 4.42 Å². The Morgan fingerprint density at radius 3 is 2.46 bits per heavy atom. The first-order valence-corrected chi connectivity index (χ1v) is 8.70. The first-order valence-electron chi connectivity index (χ1n) is 8.32. The molecule has 0 radical (unpaired) electrons. The number of rotatable bonds is 7. The predicted octanol–water partition coefficient (Wildman–Crippen LogP) is 5.71. The lowest BCUT2D eigenvalue weighted by molar-refractivity contribution is 0.449. The monoisotopic (exact) mass is 339 g/mol. The van der Waals surface area contributed by atoms with Crippen LogP contribution in [0.2, 0.25) is 5.02 Å². The maximum atomic E-state index is 5.92. The van der Waals surface area contributed by atoms with Crippen molar-refractivity contribution in [2.75, 3.05) is 0 Å². The van der Waals surface area contributed by atoms with E-state index in [1.54, 1.807) is 0 Å². The minimum Gasteiger partial charge on any atom is -0.460 e. The second-order valence-corrected chi connectivity index (χ2v) is 6.52. The number of nitrogens with one attached hydrogen (secondary N) is 1. The molecule has 0 aliphatic heterocycles. The summed E-state index contributed by atoms with van der Waals surface area (Å²) in [6, 6.07) is 22.8. The number of hydrogen-bond acceptors (Lipinski definition) is 2. The zero-order chi connectivity index (χ0) is 16.8. The van der Waals surface area contributed by atoms with Crippen LogP contribution in [0.1, 0.15) is 24.7 Å². The Labute approximate surface area is 148 Å². The van der Waals surface area contributed by atoms with E-state index < -0.39 is 0 Å². The maximum Gasteiger partial charge on any atom is 0.134 e. The van der Waals surface area contributed by atoms with Crippen LogP contribution in [-0.4, -0.2) is 6.04 Å². The molecule has 0 aliphatic rings. The van der Waals surface area contributed by atoms with E-state index in [1.165, 1.54) is 5.56 Å². The molecular formula is C21H22ClNO. The lowest BCUT2D eigenvalue weighted by Crippen LogP contribution is -2.25. The van der Waals surface area contributed by atoms with Crippen molar-refractivity contribution in [3.63, 3.8) is 0 Å². The van der Waals surface area contributed by atoms with Crippen molar-refractivity contribution in [2.24, 2.45) is 0 Å². The first kappa shape index (κ1) is 16.8. The van der Waals surface area contributed by atoms with Gasteiger partial charge in [0.15, 0.2) is 0 Å². The second kappa shape index (κ2) is 8.18. The highest BCUT2D eigenvalue weighted by molar-refractivity contribution is 6.30. The average molecular weight is 340 g/mol. The molecule has 1 aromatic heterocycles. The minimum atomic E-state index is 0.439. The summed E-state index contributed by atoms with van der Waals surface area (Å²) >= 11 is 5.92. The van der Waals surface area contributed by atoms with Crippen molar-refractivity contribution in [3.8, 4) is 11.3 Å². The van der Waals surface area contributed by atoms with Gasteiger partial charge in [-0.1, -0.05) is 41.9 Å². The normalized spacial score (nSPS) is 12.2. The predicted molar refractivity (Wildman–Crippen MR) is 100 cm³/mol. The molecule has 1 N–H and O–H groups in total. The van der Waals surface area contributed by atoms with Gasteiger partial charge >= 0.3 is 0 Å². The SMILES string of the molecule is CC(CCc1ccccc1)NCc1ccc(-c2ccc(Cl)cc2)o1. The van der Waals surface area contributed by atoms with Gasteiger partial charge in [0.2, 0.25) is 0 Å². The third-order valence-corrected chi connectivity index (χ3v) is 4.38. The van der Waals surface area contributed by atoms with E-state index in [2.05, 4.69) is 42.6 Å². The molecule has 0 spiro atoms. The lowest BCUT2D eigenvalue weighted by Gasteiger charge is -2.12. The largest absolute Gasteiger partial charge is 0.460 e. The zero-order valence-corrected chi connectivity index (χ0v) is 14.6. The van der Waals surface area contributed by atoms with Crippen LogP contribution in [0.25, 0.3) is 11.3 Å². The number of halogens is 1. The molecule has 124 valence electrons. The van der Waals surface area contributed by atoms with Crippen LogP contribution in [0, 0.1) is 0 Å². The summed E-state index contributed by atoms with van der Waals surface area (Å²) in [7, 11) is 0. The minimum absolute atomic E-state index is 0.439. The molecule has 1 unspecified atom stereocenters. The zero-order valence-electron chi connectivity index (χ0n) is 13.8. The molecule has 0 amide bonds. The van der Waals surface area contributed by atoms with Crippen molar-refractivity contribution in [1.82, 2.24) is 5.32 Å². The van der Waals surface area contributed by atoms with E-state index >= 15 is 0 Å². The molecule has 0 fully saturated rings. The highest BCUT2D eigenvalue weighted by Crippen LogP contribution is 2.23. The van der Waals surface area contributed by atoms with Gasteiger partial charge in [0.25, 0.3) is 0 Å². The van der Waals surface area contributed by atoms with Gasteiger partial charge in [-0.05, 0) is 61.7 Å². The van der Waals surface area contributed by atoms with Gasteiger partial charge < -0.3 is 9.73 Å². The highest BCUT2D eigenvalue weighted by atomic mass is 35.5. The van der Waals surface area contributed by atoms with Crippen molar-refractivity contribution >= 4 is 11.6 Å². The molecule has 3 heteroatoms. The number of benzene rings is 2. The molecular weight excluding hydrogens is 318 g/mol. The van der Waals surface area contributed by atoms with Crippen LogP contribution >= 0.6 is 11.6 Å². The summed E-state index contributed by atoms with van der Waals surface area (Å²) < 4.78 is 5.92. The van der Waals surface area contributed by atoms with Crippen LogP contribution in [0.5, 0.6) is 0 Å². The standard InChI is InChI=1S/C21H22ClNO/c1-16(7-8-17-5-3-2-4-6-17)23-15-20-13-14-21(24-20)18-9-11-19(22)12-10-18/h2-6,9-14,16,23H,7-8,15H2,1H3. The van der Waals surface area contributed by atoms with Gasteiger partial charge in [0.1, 0.15) is 11.5 Å². The van der Waals surface area contributed by atoms with E-state index in [9.17, 15) is 0 Å². The molecule has 2 nitrogen and oxygen atoms in total. The van der Waals surface area contributed by atoms with E-state index in [-0.39, 0.29) is 0 Å². The van der Waals surface area contributed by atoms with Crippen molar-refractivity contribution in [3.05, 3.63) is 83.1 Å². The molecule has 0 saturated heterocycles. The van der Waals surface area contributed by atoms with Crippen LogP contribution in [-0.2, 0) is 13.0 Å². The Hall–Kier alpha value is -2.03. The van der Waals surface area contributed by atoms with Crippen molar-refractivity contribution in [2.45, 2.75) is 32.4 Å². The summed E-state index contributed by atoms with van der Waals surface area (Å²) in [6.07, 6.45) is 2.19. The molecule has 0 bridgehead atoms. The Balaban J connectivity index is 1.49. The average Bonchev–Trinajstić information content (AvgIpc) is 3.09. The third-order valence-electron chi connectivity index (χ3n) is 4.12. The number of furan rings is 1. The first-order chi connectivity index (χ1) is 11.7. The summed E-state index contributed by atoms with van der Waals surface area (Å²) in [5.41, 5.74) is 2.43. The van der Waals surface area contributed by atoms with Gasteiger partial charge in [0, 0.05) is 16.6 Å². The van der Waals surface area contributed by atoms with Gasteiger partial charge in [-0.25, -0.2) is 0 Å². The van der Waals surface area contributed by atoms with Crippen LogP contribution in [0.4, 0.5) is 0 Å². The molecule has 3 aromatic rings. The molecule has 3 rings (SSSR count). The van der Waals surface area contributed by atoms with E-state index in [1.807, 2.05) is 36.4 Å². The third kappa shape index (κ3) is 4.73. The summed E-state index contributed by atoms with van der Waals surface area (Å²) in [5, 5.41) is 4.26. The van der Waals surface area contributed by atoms with Gasteiger partial charge in [-0.15, -0.1) is 0 Å². The molecule has 0 saturated carbocycles. The van der Waals surface area contributed by atoms with Crippen LogP contribution < -0.4 is 5.32 Å². The summed E-state index contributed by atoms with van der Waals surface area (Å²) in [4.78, 5) is 0. The van der Waals surface area contributed by atoms with E-state index in [4.69, 9.17) is 16.0 Å². The summed E-state index contributed by atoms with van der Waals surface area (Å²) in [5.74, 6) is 1.83. The second-order valence-electron chi connectivity index (χ2n) is 6.08. The van der Waals surface area contributed by atoms with Gasteiger partial charge in [-0.3, -0.25) is 0 Å². The molecule has 1 heterocycles. The Kier molecular flexibility index (Phi) is 5.73. The van der Waals surface area contributed by atoms with Crippen LogP contribution in [0.15, 0.2) is 71.1 Å². The van der Waals surface area contributed by atoms with E-state index in [0.717, 1.165) is 41.5 Å². The number of aryl methyl sites for hydroxylation is 1.